The highest BCUT2D eigenvalue weighted by Crippen LogP contribution is 2.44. The lowest BCUT2D eigenvalue weighted by atomic mass is 9.76. The Bertz CT molecular complexity index is 478. The van der Waals surface area contributed by atoms with Crippen molar-refractivity contribution in [3.8, 4) is 0 Å². The molecule has 2 unspecified atom stereocenters. The summed E-state index contributed by atoms with van der Waals surface area (Å²) in [5, 5.41) is 10.8. The van der Waals surface area contributed by atoms with E-state index in [1.807, 2.05) is 0 Å². The van der Waals surface area contributed by atoms with Crippen molar-refractivity contribution in [2.75, 3.05) is 0 Å². The predicted octanol–water partition coefficient (Wildman–Crippen LogP) is 4.78. The molecule has 1 aromatic rings. The normalized spacial score (nSPS) is 28.2. The Morgan fingerprint density at radius 1 is 1.15 bits per heavy atom. The minimum absolute atomic E-state index is 0.118. The van der Waals surface area contributed by atoms with Crippen LogP contribution < -0.4 is 0 Å². The van der Waals surface area contributed by atoms with Crippen LogP contribution in [0.1, 0.15) is 58.4 Å². The zero-order valence-corrected chi connectivity index (χ0v) is 12.5. The Morgan fingerprint density at radius 3 is 2.50 bits per heavy atom. The summed E-state index contributed by atoms with van der Waals surface area (Å²) < 4.78 is 27.3. The summed E-state index contributed by atoms with van der Waals surface area (Å²) in [6.45, 7) is 6.60. The Balaban J connectivity index is 2.26. The molecule has 1 aliphatic rings. The SMILES string of the molecule is CC(C)(C)C1CCCC(O)(c2cccc(F)c2F)CC1. The van der Waals surface area contributed by atoms with E-state index in [0.29, 0.717) is 18.8 Å². The van der Waals surface area contributed by atoms with Crippen molar-refractivity contribution < 1.29 is 13.9 Å². The van der Waals surface area contributed by atoms with Gasteiger partial charge in [0.2, 0.25) is 0 Å². The molecule has 0 bridgehead atoms. The van der Waals surface area contributed by atoms with E-state index in [4.69, 9.17) is 0 Å². The average Bonchev–Trinajstić information content (AvgIpc) is 2.55. The van der Waals surface area contributed by atoms with Gasteiger partial charge in [0.1, 0.15) is 0 Å². The third-order valence-electron chi connectivity index (χ3n) is 4.73. The van der Waals surface area contributed by atoms with Gasteiger partial charge < -0.3 is 5.11 Å². The smallest absolute Gasteiger partial charge is 0.164 e. The molecule has 1 nitrogen and oxygen atoms in total. The van der Waals surface area contributed by atoms with Gasteiger partial charge >= 0.3 is 0 Å². The van der Waals surface area contributed by atoms with Gasteiger partial charge in [-0.2, -0.15) is 0 Å². The number of rotatable bonds is 1. The van der Waals surface area contributed by atoms with E-state index >= 15 is 0 Å². The summed E-state index contributed by atoms with van der Waals surface area (Å²) in [6.07, 6.45) is 3.71. The van der Waals surface area contributed by atoms with Crippen LogP contribution >= 0.6 is 0 Å². The van der Waals surface area contributed by atoms with Gasteiger partial charge in [-0.05, 0) is 49.5 Å². The van der Waals surface area contributed by atoms with Gasteiger partial charge in [0.05, 0.1) is 5.60 Å². The van der Waals surface area contributed by atoms with E-state index < -0.39 is 17.2 Å². The van der Waals surface area contributed by atoms with Gasteiger partial charge in [-0.1, -0.05) is 32.9 Å². The molecular weight excluding hydrogens is 258 g/mol. The quantitative estimate of drug-likeness (QED) is 0.735. The molecule has 2 rings (SSSR count). The summed E-state index contributed by atoms with van der Waals surface area (Å²) in [5.74, 6) is -1.27. The zero-order valence-electron chi connectivity index (χ0n) is 12.5. The number of benzene rings is 1. The van der Waals surface area contributed by atoms with Crippen molar-refractivity contribution in [3.63, 3.8) is 0 Å². The molecule has 1 N–H and O–H groups in total. The van der Waals surface area contributed by atoms with Crippen LogP contribution in [0.4, 0.5) is 8.78 Å². The van der Waals surface area contributed by atoms with E-state index in [2.05, 4.69) is 20.8 Å². The predicted molar refractivity (Wildman–Crippen MR) is 76.3 cm³/mol. The van der Waals surface area contributed by atoms with Crippen molar-refractivity contribution in [3.05, 3.63) is 35.4 Å². The first-order chi connectivity index (χ1) is 9.24. The maximum absolute atomic E-state index is 14.0. The van der Waals surface area contributed by atoms with Gasteiger partial charge in [0.25, 0.3) is 0 Å². The van der Waals surface area contributed by atoms with Gasteiger partial charge in [-0.3, -0.25) is 0 Å². The fraction of sp³-hybridized carbons (Fsp3) is 0.647. The molecule has 0 amide bonds. The fourth-order valence-corrected chi connectivity index (χ4v) is 3.32. The molecule has 3 heteroatoms. The highest BCUT2D eigenvalue weighted by molar-refractivity contribution is 5.25. The lowest BCUT2D eigenvalue weighted by Crippen LogP contribution is -2.27. The Kier molecular flexibility index (Phi) is 4.19. The molecule has 0 radical (unpaired) electrons. The Morgan fingerprint density at radius 2 is 1.85 bits per heavy atom. The van der Waals surface area contributed by atoms with E-state index in [9.17, 15) is 13.9 Å². The second-order valence-electron chi connectivity index (χ2n) is 7.13. The molecule has 1 aromatic carbocycles. The van der Waals surface area contributed by atoms with Crippen LogP contribution in [0.15, 0.2) is 18.2 Å². The van der Waals surface area contributed by atoms with Gasteiger partial charge in [0.15, 0.2) is 11.6 Å². The zero-order chi connectivity index (χ0) is 15.0. The topological polar surface area (TPSA) is 20.2 Å². The van der Waals surface area contributed by atoms with Crippen molar-refractivity contribution in [1.82, 2.24) is 0 Å². The highest BCUT2D eigenvalue weighted by Gasteiger charge is 2.37. The summed E-state index contributed by atoms with van der Waals surface area (Å²) in [5.41, 5.74) is -0.926. The van der Waals surface area contributed by atoms with Crippen LogP contribution in [0, 0.1) is 23.0 Å². The third kappa shape index (κ3) is 3.03. The molecule has 0 saturated heterocycles. The minimum Gasteiger partial charge on any atom is -0.385 e. The van der Waals surface area contributed by atoms with E-state index in [-0.39, 0.29) is 11.0 Å². The van der Waals surface area contributed by atoms with Crippen LogP contribution in [-0.4, -0.2) is 5.11 Å². The fourth-order valence-electron chi connectivity index (χ4n) is 3.32. The first-order valence-corrected chi connectivity index (χ1v) is 7.41. The Labute approximate surface area is 120 Å². The summed E-state index contributed by atoms with van der Waals surface area (Å²) in [7, 11) is 0. The second kappa shape index (κ2) is 5.44. The maximum Gasteiger partial charge on any atom is 0.164 e. The molecule has 0 spiro atoms. The molecule has 1 fully saturated rings. The van der Waals surface area contributed by atoms with Crippen LogP contribution in [0.3, 0.4) is 0 Å². The van der Waals surface area contributed by atoms with Crippen LogP contribution in [0.2, 0.25) is 0 Å². The van der Waals surface area contributed by atoms with E-state index in [1.54, 1.807) is 0 Å². The van der Waals surface area contributed by atoms with E-state index in [0.717, 1.165) is 25.3 Å². The number of hydrogen-bond donors (Lipinski definition) is 1. The molecule has 20 heavy (non-hydrogen) atoms. The van der Waals surface area contributed by atoms with Crippen molar-refractivity contribution >= 4 is 0 Å². The maximum atomic E-state index is 14.0. The number of aliphatic hydroxyl groups is 1. The minimum atomic E-state index is -1.23. The highest BCUT2D eigenvalue weighted by atomic mass is 19.2. The molecule has 112 valence electrons. The number of hydrogen-bond acceptors (Lipinski definition) is 1. The molecule has 0 aliphatic heterocycles. The van der Waals surface area contributed by atoms with Gasteiger partial charge in [-0.15, -0.1) is 0 Å². The van der Waals surface area contributed by atoms with Gasteiger partial charge in [0, 0.05) is 5.56 Å². The molecule has 2 atom stereocenters. The van der Waals surface area contributed by atoms with Crippen molar-refractivity contribution in [2.24, 2.45) is 11.3 Å². The lowest BCUT2D eigenvalue weighted by molar-refractivity contribution is 0.0140. The van der Waals surface area contributed by atoms with Gasteiger partial charge in [-0.25, -0.2) is 8.78 Å². The Hall–Kier alpha value is -0.960. The van der Waals surface area contributed by atoms with Crippen LogP contribution in [-0.2, 0) is 5.60 Å². The molecule has 1 aliphatic carbocycles. The van der Waals surface area contributed by atoms with Crippen LogP contribution in [0.25, 0.3) is 0 Å². The molecule has 1 saturated carbocycles. The first kappa shape index (κ1) is 15.4. The van der Waals surface area contributed by atoms with Crippen molar-refractivity contribution in [2.45, 2.75) is 58.5 Å². The molecular formula is C17H24F2O. The van der Waals surface area contributed by atoms with Crippen LogP contribution in [0.5, 0.6) is 0 Å². The summed E-state index contributed by atoms with van der Waals surface area (Å²) in [4.78, 5) is 0. The molecule has 0 heterocycles. The largest absolute Gasteiger partial charge is 0.385 e. The summed E-state index contributed by atoms with van der Waals surface area (Å²) in [6, 6.07) is 4.07. The molecule has 0 aromatic heterocycles. The summed E-state index contributed by atoms with van der Waals surface area (Å²) >= 11 is 0. The standard InChI is InChI=1S/C17H24F2O/c1-16(2,3)12-6-5-10-17(20,11-9-12)13-7-4-8-14(18)15(13)19/h4,7-8,12,20H,5-6,9-11H2,1-3H3. The second-order valence-corrected chi connectivity index (χ2v) is 7.13. The lowest BCUT2D eigenvalue weighted by Gasteiger charge is -2.31. The first-order valence-electron chi connectivity index (χ1n) is 7.41. The monoisotopic (exact) mass is 282 g/mol. The van der Waals surface area contributed by atoms with Crippen molar-refractivity contribution in [1.29, 1.82) is 0 Å². The number of halogens is 2. The van der Waals surface area contributed by atoms with E-state index in [1.165, 1.54) is 12.1 Å². The average molecular weight is 282 g/mol. The third-order valence-corrected chi connectivity index (χ3v) is 4.73.